The molecule has 2 N–H and O–H groups in total. The molecule has 0 saturated heterocycles. The number of rotatable bonds is 4. The van der Waals surface area contributed by atoms with Gasteiger partial charge >= 0.3 is 0 Å². The minimum Gasteiger partial charge on any atom is -0.284 e. The molecule has 1 aromatic rings. The van der Waals surface area contributed by atoms with Crippen molar-refractivity contribution in [1.82, 2.24) is 14.9 Å². The van der Waals surface area contributed by atoms with Gasteiger partial charge in [-0.1, -0.05) is 6.92 Å². The maximum atomic E-state index is 12.2. The van der Waals surface area contributed by atoms with E-state index in [9.17, 15) is 8.42 Å². The van der Waals surface area contributed by atoms with E-state index in [1.807, 2.05) is 0 Å². The Morgan fingerprint density at radius 2 is 2.22 bits per heavy atom. The maximum absolute atomic E-state index is 12.2. The van der Waals surface area contributed by atoms with E-state index in [-0.39, 0.29) is 4.90 Å². The number of nitrogens with one attached hydrogen (secondary N) is 2. The molecule has 0 radical (unpaired) electrons. The smallest absolute Gasteiger partial charge is 0.244 e. The van der Waals surface area contributed by atoms with Gasteiger partial charge in [0.25, 0.3) is 0 Å². The van der Waals surface area contributed by atoms with Gasteiger partial charge in [0, 0.05) is 17.6 Å². The van der Waals surface area contributed by atoms with E-state index in [0.29, 0.717) is 11.8 Å². The third kappa shape index (κ3) is 2.87. The molecule has 1 aromatic heterocycles. The molecule has 0 unspecified atom stereocenters. The van der Waals surface area contributed by atoms with Crippen LogP contribution >= 0.6 is 11.6 Å². The Labute approximate surface area is 112 Å². The molecule has 1 heterocycles. The van der Waals surface area contributed by atoms with Crippen molar-refractivity contribution in [2.24, 2.45) is 5.92 Å². The van der Waals surface area contributed by atoms with E-state index in [4.69, 9.17) is 11.6 Å². The summed E-state index contributed by atoms with van der Waals surface area (Å²) in [5, 5.41) is 6.17. The van der Waals surface area contributed by atoms with E-state index in [2.05, 4.69) is 21.8 Å². The fraction of sp³-hybridized carbons (Fsp3) is 0.727. The van der Waals surface area contributed by atoms with Gasteiger partial charge in [0.1, 0.15) is 4.90 Å². The van der Waals surface area contributed by atoms with Crippen LogP contribution in [0.4, 0.5) is 0 Å². The van der Waals surface area contributed by atoms with Crippen LogP contribution in [0.1, 0.15) is 32.6 Å². The van der Waals surface area contributed by atoms with Crippen molar-refractivity contribution >= 4 is 21.6 Å². The summed E-state index contributed by atoms with van der Waals surface area (Å²) >= 11 is 6.00. The van der Waals surface area contributed by atoms with Crippen LogP contribution in [0.3, 0.4) is 0 Å². The molecule has 102 valence electrons. The molecule has 7 heteroatoms. The lowest BCUT2D eigenvalue weighted by atomic mass is 9.79. The first kappa shape index (κ1) is 13.8. The summed E-state index contributed by atoms with van der Waals surface area (Å²) in [4.78, 5) is 0.158. The second-order valence-electron chi connectivity index (χ2n) is 5.14. The molecule has 1 saturated carbocycles. The highest BCUT2D eigenvalue weighted by molar-refractivity contribution is 7.89. The second kappa shape index (κ2) is 5.19. The van der Waals surface area contributed by atoms with E-state index in [1.54, 1.807) is 0 Å². The zero-order valence-corrected chi connectivity index (χ0v) is 11.9. The van der Waals surface area contributed by atoms with Crippen LogP contribution in [-0.4, -0.2) is 30.0 Å². The quantitative estimate of drug-likeness (QED) is 0.832. The number of sulfonamides is 1. The van der Waals surface area contributed by atoms with Crippen LogP contribution in [0.5, 0.6) is 0 Å². The third-order valence-electron chi connectivity index (χ3n) is 3.62. The Balaban J connectivity index is 2.16. The molecular weight excluding hydrogens is 274 g/mol. The SMILES string of the molecule is CC1CCC(CCl)(NS(=O)(=O)c2cn[nH]c2)CC1. The molecule has 0 bridgehead atoms. The fourth-order valence-electron chi connectivity index (χ4n) is 2.31. The lowest BCUT2D eigenvalue weighted by Crippen LogP contribution is -2.51. The Bertz CT molecular complexity index is 478. The average molecular weight is 292 g/mol. The van der Waals surface area contributed by atoms with Gasteiger partial charge in [-0.05, 0) is 31.6 Å². The highest BCUT2D eigenvalue weighted by Crippen LogP contribution is 2.33. The number of alkyl halides is 1. The molecule has 2 rings (SSSR count). The first-order valence-electron chi connectivity index (χ1n) is 6.06. The molecule has 0 atom stereocenters. The number of nitrogens with zero attached hydrogens (tertiary/aromatic N) is 1. The zero-order chi connectivity index (χ0) is 13.2. The van der Waals surface area contributed by atoms with Crippen molar-refractivity contribution in [3.8, 4) is 0 Å². The molecule has 5 nitrogen and oxygen atoms in total. The Morgan fingerprint density at radius 1 is 1.56 bits per heavy atom. The predicted octanol–water partition coefficient (Wildman–Crippen LogP) is 1.88. The van der Waals surface area contributed by atoms with Crippen molar-refractivity contribution in [2.75, 3.05) is 5.88 Å². The van der Waals surface area contributed by atoms with Crippen LogP contribution in [-0.2, 0) is 10.0 Å². The molecule has 0 amide bonds. The number of hydrogen-bond acceptors (Lipinski definition) is 3. The third-order valence-corrected chi connectivity index (χ3v) is 5.68. The van der Waals surface area contributed by atoms with Gasteiger partial charge in [-0.3, -0.25) is 5.10 Å². The lowest BCUT2D eigenvalue weighted by Gasteiger charge is -2.38. The summed E-state index contributed by atoms with van der Waals surface area (Å²) in [7, 11) is -3.53. The first-order valence-corrected chi connectivity index (χ1v) is 8.08. The minimum absolute atomic E-state index is 0.158. The van der Waals surface area contributed by atoms with Crippen LogP contribution in [0.2, 0.25) is 0 Å². The van der Waals surface area contributed by atoms with Crippen molar-refractivity contribution < 1.29 is 8.42 Å². The highest BCUT2D eigenvalue weighted by atomic mass is 35.5. The minimum atomic E-state index is -3.53. The molecular formula is C11H18ClN3O2S. The van der Waals surface area contributed by atoms with E-state index in [0.717, 1.165) is 25.7 Å². The summed E-state index contributed by atoms with van der Waals surface area (Å²) in [6.07, 6.45) is 6.25. The van der Waals surface area contributed by atoms with Gasteiger partial charge in [-0.15, -0.1) is 11.6 Å². The molecule has 0 spiro atoms. The van der Waals surface area contributed by atoms with Crippen LogP contribution in [0, 0.1) is 5.92 Å². The van der Waals surface area contributed by atoms with E-state index < -0.39 is 15.6 Å². The Kier molecular flexibility index (Phi) is 3.99. The van der Waals surface area contributed by atoms with E-state index >= 15 is 0 Å². The van der Waals surface area contributed by atoms with Gasteiger partial charge < -0.3 is 0 Å². The topological polar surface area (TPSA) is 74.8 Å². The summed E-state index contributed by atoms with van der Waals surface area (Å²) in [6, 6.07) is 0. The number of halogens is 1. The molecule has 1 fully saturated rings. The Morgan fingerprint density at radius 3 is 2.72 bits per heavy atom. The van der Waals surface area contributed by atoms with Gasteiger partial charge in [0.15, 0.2) is 0 Å². The number of hydrogen-bond donors (Lipinski definition) is 2. The van der Waals surface area contributed by atoms with Gasteiger partial charge in [0.05, 0.1) is 6.20 Å². The average Bonchev–Trinajstić information content (AvgIpc) is 2.87. The molecule has 18 heavy (non-hydrogen) atoms. The largest absolute Gasteiger partial charge is 0.284 e. The van der Waals surface area contributed by atoms with E-state index in [1.165, 1.54) is 12.4 Å². The summed E-state index contributed by atoms with van der Waals surface area (Å²) in [6.45, 7) is 2.18. The molecule has 0 aliphatic heterocycles. The normalized spacial score (nSPS) is 29.3. The lowest BCUT2D eigenvalue weighted by molar-refractivity contribution is 0.247. The van der Waals surface area contributed by atoms with Crippen LogP contribution in [0.25, 0.3) is 0 Å². The molecule has 1 aliphatic carbocycles. The van der Waals surface area contributed by atoms with Crippen molar-refractivity contribution in [1.29, 1.82) is 0 Å². The fourth-order valence-corrected chi connectivity index (χ4v) is 4.08. The zero-order valence-electron chi connectivity index (χ0n) is 10.3. The van der Waals surface area contributed by atoms with Crippen molar-refractivity contribution in [3.05, 3.63) is 12.4 Å². The monoisotopic (exact) mass is 291 g/mol. The first-order chi connectivity index (χ1) is 8.47. The van der Waals surface area contributed by atoms with Gasteiger partial charge in [-0.25, -0.2) is 13.1 Å². The number of aromatic nitrogens is 2. The number of aromatic amines is 1. The highest BCUT2D eigenvalue weighted by Gasteiger charge is 2.37. The van der Waals surface area contributed by atoms with Crippen LogP contribution in [0.15, 0.2) is 17.3 Å². The predicted molar refractivity (Wildman–Crippen MR) is 70.0 cm³/mol. The number of H-pyrrole nitrogens is 1. The van der Waals surface area contributed by atoms with Crippen LogP contribution < -0.4 is 4.72 Å². The molecule has 0 aromatic carbocycles. The second-order valence-corrected chi connectivity index (χ2v) is 7.09. The maximum Gasteiger partial charge on any atom is 0.244 e. The van der Waals surface area contributed by atoms with Crippen molar-refractivity contribution in [3.63, 3.8) is 0 Å². The van der Waals surface area contributed by atoms with Crippen molar-refractivity contribution in [2.45, 2.75) is 43.0 Å². The standard InChI is InChI=1S/C11H18ClN3O2S/c1-9-2-4-11(8-12,5-3-9)15-18(16,17)10-6-13-14-7-10/h6-7,9,15H,2-5,8H2,1H3,(H,13,14). The summed E-state index contributed by atoms with van der Waals surface area (Å²) in [5.74, 6) is 0.941. The van der Waals surface area contributed by atoms with Gasteiger partial charge in [-0.2, -0.15) is 5.10 Å². The Hall–Kier alpha value is -0.590. The van der Waals surface area contributed by atoms with Gasteiger partial charge in [0.2, 0.25) is 10.0 Å². The molecule has 1 aliphatic rings. The summed E-state index contributed by atoms with van der Waals surface area (Å²) < 4.78 is 27.1. The summed E-state index contributed by atoms with van der Waals surface area (Å²) in [5.41, 5.74) is -0.510.